The maximum Gasteiger partial charge on any atom is 0.248 e. The molecule has 0 aromatic carbocycles. The van der Waals surface area contributed by atoms with Gasteiger partial charge in [0.1, 0.15) is 19.5 Å². The summed E-state index contributed by atoms with van der Waals surface area (Å²) in [6.45, 7) is 1.58. The van der Waals surface area contributed by atoms with Crippen molar-refractivity contribution in [3.63, 3.8) is 0 Å². The summed E-state index contributed by atoms with van der Waals surface area (Å²) in [5, 5.41) is 5.38. The third-order valence-corrected chi connectivity index (χ3v) is 4.26. The molecule has 0 bridgehead atoms. The molecular formula is C13H18BN3O3S. The van der Waals surface area contributed by atoms with Crippen LogP contribution in [0, 0.1) is 5.92 Å². The highest BCUT2D eigenvalue weighted by Crippen LogP contribution is 2.17. The predicted octanol–water partition coefficient (Wildman–Crippen LogP) is -0.562. The highest BCUT2D eigenvalue weighted by molar-refractivity contribution is 7.10. The Morgan fingerprint density at radius 2 is 2.43 bits per heavy atom. The molecule has 6 nitrogen and oxygen atoms in total. The van der Waals surface area contributed by atoms with E-state index in [-0.39, 0.29) is 24.3 Å². The fraction of sp³-hybridized carbons (Fsp3) is 0.615. The fourth-order valence-corrected chi connectivity index (χ4v) is 2.97. The lowest BCUT2D eigenvalue weighted by molar-refractivity contribution is -0.139. The Hall–Kier alpha value is -1.41. The Morgan fingerprint density at radius 3 is 3.10 bits per heavy atom. The van der Waals surface area contributed by atoms with E-state index in [4.69, 9.17) is 12.6 Å². The molecule has 1 saturated heterocycles. The maximum atomic E-state index is 12.2. The minimum Gasteiger partial charge on any atom is -0.375 e. The molecule has 1 aromatic rings. The first-order valence-electron chi connectivity index (χ1n) is 6.84. The number of nitrogens with one attached hydrogen (secondary N) is 1. The lowest BCUT2D eigenvalue weighted by Gasteiger charge is -2.31. The van der Waals surface area contributed by atoms with Gasteiger partial charge in [0, 0.05) is 25.6 Å². The third kappa shape index (κ3) is 4.54. The number of hydrogen-bond acceptors (Lipinski definition) is 5. The van der Waals surface area contributed by atoms with Crippen LogP contribution in [-0.2, 0) is 20.9 Å². The van der Waals surface area contributed by atoms with Gasteiger partial charge in [-0.3, -0.25) is 14.6 Å². The Labute approximate surface area is 129 Å². The summed E-state index contributed by atoms with van der Waals surface area (Å²) in [4.78, 5) is 29.8. The van der Waals surface area contributed by atoms with Gasteiger partial charge in [0.15, 0.2) is 0 Å². The summed E-state index contributed by atoms with van der Waals surface area (Å²) in [5.74, 6) is -0.279. The smallest absolute Gasteiger partial charge is 0.248 e. The maximum absolute atomic E-state index is 12.2. The number of piperidine rings is 1. The molecule has 1 aliphatic heterocycles. The van der Waals surface area contributed by atoms with Crippen molar-refractivity contribution in [2.45, 2.75) is 19.4 Å². The monoisotopic (exact) mass is 307 g/mol. The molecular weight excluding hydrogens is 289 g/mol. The number of likely N-dealkylation sites (tertiary alicyclic amines) is 1. The zero-order valence-electron chi connectivity index (χ0n) is 12.0. The highest BCUT2D eigenvalue weighted by Gasteiger charge is 2.28. The van der Waals surface area contributed by atoms with E-state index in [1.165, 1.54) is 18.4 Å². The van der Waals surface area contributed by atoms with Crippen LogP contribution >= 0.6 is 11.3 Å². The van der Waals surface area contributed by atoms with Gasteiger partial charge >= 0.3 is 0 Å². The first kappa shape index (κ1) is 16.0. The van der Waals surface area contributed by atoms with Crippen molar-refractivity contribution in [2.75, 3.05) is 26.8 Å². The number of amides is 2. The lowest BCUT2D eigenvalue weighted by atomic mass is 9.97. The summed E-state index contributed by atoms with van der Waals surface area (Å²) < 4.78 is 4.85. The molecule has 1 N–H and O–H groups in total. The third-order valence-electron chi connectivity index (χ3n) is 3.40. The molecule has 1 unspecified atom stereocenters. The van der Waals surface area contributed by atoms with Gasteiger partial charge in [-0.15, -0.1) is 11.3 Å². The molecule has 0 saturated carbocycles. The van der Waals surface area contributed by atoms with Gasteiger partial charge in [0.2, 0.25) is 11.8 Å². The van der Waals surface area contributed by atoms with Gasteiger partial charge in [0.25, 0.3) is 0 Å². The average Bonchev–Trinajstić information content (AvgIpc) is 2.91. The van der Waals surface area contributed by atoms with Crippen LogP contribution < -0.4 is 10.9 Å². The Kier molecular flexibility index (Phi) is 5.75. The zero-order chi connectivity index (χ0) is 15.2. The van der Waals surface area contributed by atoms with E-state index < -0.39 is 0 Å². The van der Waals surface area contributed by atoms with Crippen LogP contribution in [0.1, 0.15) is 17.8 Å². The first-order valence-corrected chi connectivity index (χ1v) is 7.72. The summed E-state index contributed by atoms with van der Waals surface area (Å²) in [6.07, 6.45) is 1.63. The summed E-state index contributed by atoms with van der Waals surface area (Å²) in [7, 11) is 7.03. The highest BCUT2D eigenvalue weighted by atomic mass is 32.1. The summed E-state index contributed by atoms with van der Waals surface area (Å²) in [6, 6.07) is 0. The number of nitrogens with zero attached hydrogens (tertiary/aromatic N) is 2. The van der Waals surface area contributed by atoms with E-state index in [0.717, 1.165) is 17.8 Å². The van der Waals surface area contributed by atoms with Gasteiger partial charge < -0.3 is 15.0 Å². The zero-order valence-corrected chi connectivity index (χ0v) is 12.8. The molecule has 8 heteroatoms. The predicted molar refractivity (Wildman–Crippen MR) is 80.5 cm³/mol. The number of rotatable bonds is 5. The Bertz CT molecular complexity index is 509. The van der Waals surface area contributed by atoms with Crippen LogP contribution in [0.5, 0.6) is 0 Å². The van der Waals surface area contributed by atoms with Gasteiger partial charge in [-0.1, -0.05) is 0 Å². The number of carbonyl (C=O) groups is 2. The molecule has 1 atom stereocenters. The van der Waals surface area contributed by atoms with Crippen LogP contribution in [-0.4, -0.2) is 56.4 Å². The molecule has 2 rings (SSSR count). The van der Waals surface area contributed by atoms with Crippen molar-refractivity contribution in [1.29, 1.82) is 0 Å². The van der Waals surface area contributed by atoms with Gasteiger partial charge in [-0.25, -0.2) is 0 Å². The summed E-state index contributed by atoms with van der Waals surface area (Å²) in [5.41, 5.74) is 0.471. The quantitative estimate of drug-likeness (QED) is 0.740. The minimum absolute atomic E-state index is 0.0429. The second-order valence-electron chi connectivity index (χ2n) is 5.00. The minimum atomic E-state index is -0.170. The second-order valence-corrected chi connectivity index (χ2v) is 5.94. The van der Waals surface area contributed by atoms with Crippen LogP contribution in [0.3, 0.4) is 0 Å². The number of hydrogen-bond donors (Lipinski definition) is 1. The van der Waals surface area contributed by atoms with Crippen LogP contribution in [0.15, 0.2) is 5.38 Å². The Morgan fingerprint density at radius 1 is 1.62 bits per heavy atom. The topological polar surface area (TPSA) is 71.5 Å². The second kappa shape index (κ2) is 7.56. The normalized spacial score (nSPS) is 18.5. The van der Waals surface area contributed by atoms with Gasteiger partial charge in [-0.2, -0.15) is 0 Å². The van der Waals surface area contributed by atoms with Gasteiger partial charge in [0.05, 0.1) is 12.5 Å². The number of methoxy groups -OCH3 is 1. The van der Waals surface area contributed by atoms with Crippen LogP contribution in [0.4, 0.5) is 0 Å². The largest absolute Gasteiger partial charge is 0.375 e. The molecule has 112 valence electrons. The van der Waals surface area contributed by atoms with Crippen LogP contribution in [0.25, 0.3) is 0 Å². The van der Waals surface area contributed by atoms with Crippen molar-refractivity contribution in [2.24, 2.45) is 5.92 Å². The molecule has 2 heterocycles. The van der Waals surface area contributed by atoms with E-state index in [2.05, 4.69) is 10.3 Å². The fourth-order valence-electron chi connectivity index (χ4n) is 2.35. The number of aromatic nitrogens is 1. The van der Waals surface area contributed by atoms with E-state index in [9.17, 15) is 9.59 Å². The Balaban J connectivity index is 1.82. The molecule has 2 radical (unpaired) electrons. The molecule has 1 aromatic heterocycles. The average molecular weight is 307 g/mol. The first-order chi connectivity index (χ1) is 10.1. The van der Waals surface area contributed by atoms with Crippen LogP contribution in [0.2, 0.25) is 0 Å². The standard InChI is InChI=1S/C13H18BN3O3S/c1-20-7-12(18)17-4-2-3-9(6-17)13(19)15-5-11-16-10(14)8-21-11/h8-9H,2-7H2,1H3,(H,15,19). The number of ether oxygens (including phenoxy) is 1. The van der Waals surface area contributed by atoms with Crippen molar-refractivity contribution < 1.29 is 14.3 Å². The van der Waals surface area contributed by atoms with Crippen molar-refractivity contribution in [3.05, 3.63) is 10.4 Å². The van der Waals surface area contributed by atoms with E-state index >= 15 is 0 Å². The van der Waals surface area contributed by atoms with Crippen molar-refractivity contribution in [1.82, 2.24) is 15.2 Å². The van der Waals surface area contributed by atoms with E-state index in [1.807, 2.05) is 0 Å². The lowest BCUT2D eigenvalue weighted by Crippen LogP contribution is -2.46. The molecule has 21 heavy (non-hydrogen) atoms. The molecule has 0 aliphatic carbocycles. The SMILES string of the molecule is [B]c1csc(CNC(=O)C2CCCN(C(=O)COC)C2)n1. The van der Waals surface area contributed by atoms with Gasteiger partial charge in [-0.05, 0) is 18.4 Å². The van der Waals surface area contributed by atoms with E-state index in [0.29, 0.717) is 25.2 Å². The summed E-state index contributed by atoms with van der Waals surface area (Å²) >= 11 is 1.42. The molecule has 1 aliphatic rings. The molecule has 2 amide bonds. The molecule has 1 fully saturated rings. The number of carbonyl (C=O) groups excluding carboxylic acids is 2. The van der Waals surface area contributed by atoms with Crippen molar-refractivity contribution >= 4 is 36.6 Å². The molecule has 0 spiro atoms. The van der Waals surface area contributed by atoms with Crippen molar-refractivity contribution in [3.8, 4) is 0 Å². The number of thiazole rings is 1. The van der Waals surface area contributed by atoms with E-state index in [1.54, 1.807) is 10.3 Å².